The Bertz CT molecular complexity index is 419. The van der Waals surface area contributed by atoms with Crippen molar-refractivity contribution in [3.8, 4) is 5.75 Å². The van der Waals surface area contributed by atoms with Crippen LogP contribution in [-0.4, -0.2) is 31.3 Å². The van der Waals surface area contributed by atoms with Crippen molar-refractivity contribution in [1.29, 1.82) is 0 Å². The van der Waals surface area contributed by atoms with Crippen molar-refractivity contribution >= 4 is 11.6 Å². The highest BCUT2D eigenvalue weighted by Gasteiger charge is 2.21. The first-order chi connectivity index (χ1) is 9.13. The van der Waals surface area contributed by atoms with Gasteiger partial charge in [0.2, 0.25) is 0 Å². The average Bonchev–Trinajstić information content (AvgIpc) is 2.81. The predicted molar refractivity (Wildman–Crippen MR) is 73.2 cm³/mol. The second-order valence-corrected chi connectivity index (χ2v) is 4.81. The molecule has 0 spiro atoms. The summed E-state index contributed by atoms with van der Waals surface area (Å²) in [5.41, 5.74) is 6.02. The Balaban J connectivity index is 1.76. The first kappa shape index (κ1) is 13.7. The van der Waals surface area contributed by atoms with E-state index in [1.165, 1.54) is 0 Å². The van der Waals surface area contributed by atoms with Crippen LogP contribution in [0.25, 0.3) is 0 Å². The number of carbonyl (C=O) groups is 1. The molecule has 0 aromatic heterocycles. The van der Waals surface area contributed by atoms with Gasteiger partial charge in [0.1, 0.15) is 5.75 Å². The highest BCUT2D eigenvalue weighted by atomic mass is 16.5. The molecule has 1 fully saturated rings. The minimum absolute atomic E-state index is 0.0966. The van der Waals surface area contributed by atoms with E-state index in [9.17, 15) is 4.79 Å². The van der Waals surface area contributed by atoms with Crippen LogP contribution < -0.4 is 15.8 Å². The zero-order valence-electron chi connectivity index (χ0n) is 11.1. The van der Waals surface area contributed by atoms with Crippen LogP contribution in [0.1, 0.15) is 19.8 Å². The van der Waals surface area contributed by atoms with Crippen molar-refractivity contribution in [1.82, 2.24) is 0 Å². The third kappa shape index (κ3) is 4.44. The first-order valence-corrected chi connectivity index (χ1v) is 6.54. The third-order valence-corrected chi connectivity index (χ3v) is 3.09. The summed E-state index contributed by atoms with van der Waals surface area (Å²) < 4.78 is 10.9. The molecule has 5 heteroatoms. The number of hydrogen-bond acceptors (Lipinski definition) is 4. The Hall–Kier alpha value is -1.75. The van der Waals surface area contributed by atoms with Gasteiger partial charge < -0.3 is 20.5 Å². The molecule has 19 heavy (non-hydrogen) atoms. The summed E-state index contributed by atoms with van der Waals surface area (Å²) in [4.78, 5) is 10.6. The summed E-state index contributed by atoms with van der Waals surface area (Å²) in [5.74, 6) is 0.157. The van der Waals surface area contributed by atoms with Crippen LogP contribution in [0, 0.1) is 0 Å². The van der Waals surface area contributed by atoms with E-state index in [0.717, 1.165) is 25.1 Å². The number of nitrogens with two attached hydrogens (primary N) is 1. The summed E-state index contributed by atoms with van der Waals surface area (Å²) in [5, 5.41) is 3.33. The maximum Gasteiger partial charge on any atom is 0.255 e. The number of benzene rings is 1. The molecule has 2 rings (SSSR count). The van der Waals surface area contributed by atoms with E-state index in [2.05, 4.69) is 12.2 Å². The molecule has 2 unspecified atom stereocenters. The van der Waals surface area contributed by atoms with E-state index in [1.54, 1.807) is 0 Å². The van der Waals surface area contributed by atoms with Crippen molar-refractivity contribution < 1.29 is 14.3 Å². The van der Waals surface area contributed by atoms with Crippen molar-refractivity contribution in [2.45, 2.75) is 32.0 Å². The quantitative estimate of drug-likeness (QED) is 0.817. The number of anilines is 1. The van der Waals surface area contributed by atoms with Gasteiger partial charge in [-0.3, -0.25) is 4.79 Å². The molecule has 2 atom stereocenters. The molecule has 5 nitrogen and oxygen atoms in total. The molecule has 1 saturated heterocycles. The zero-order chi connectivity index (χ0) is 13.7. The minimum Gasteiger partial charge on any atom is -0.484 e. The van der Waals surface area contributed by atoms with Gasteiger partial charge in [-0.15, -0.1) is 0 Å². The Morgan fingerprint density at radius 2 is 2.16 bits per heavy atom. The zero-order valence-corrected chi connectivity index (χ0v) is 11.1. The van der Waals surface area contributed by atoms with Gasteiger partial charge in [0.05, 0.1) is 12.2 Å². The molecule has 3 N–H and O–H groups in total. The van der Waals surface area contributed by atoms with Crippen LogP contribution in [0.3, 0.4) is 0 Å². The molecule has 1 heterocycles. The first-order valence-electron chi connectivity index (χ1n) is 6.54. The minimum atomic E-state index is -0.477. The lowest BCUT2D eigenvalue weighted by Gasteiger charge is -2.13. The Kier molecular flexibility index (Phi) is 4.63. The number of primary amides is 1. The van der Waals surface area contributed by atoms with E-state index in [4.69, 9.17) is 15.2 Å². The summed E-state index contributed by atoms with van der Waals surface area (Å²) in [6.07, 6.45) is 2.90. The van der Waals surface area contributed by atoms with Gasteiger partial charge in [0, 0.05) is 12.2 Å². The Morgan fingerprint density at radius 1 is 1.42 bits per heavy atom. The monoisotopic (exact) mass is 264 g/mol. The number of rotatable bonds is 6. The maximum atomic E-state index is 10.6. The van der Waals surface area contributed by atoms with E-state index in [0.29, 0.717) is 18.0 Å². The third-order valence-electron chi connectivity index (χ3n) is 3.09. The molecule has 0 saturated carbocycles. The Morgan fingerprint density at radius 3 is 2.74 bits per heavy atom. The van der Waals surface area contributed by atoms with E-state index >= 15 is 0 Å². The molecule has 0 bridgehead atoms. The Labute approximate surface area is 113 Å². The van der Waals surface area contributed by atoms with Crippen LogP contribution in [0.4, 0.5) is 5.69 Å². The van der Waals surface area contributed by atoms with Crippen molar-refractivity contribution in [2.75, 3.05) is 18.5 Å². The second-order valence-electron chi connectivity index (χ2n) is 4.81. The largest absolute Gasteiger partial charge is 0.484 e. The molecule has 1 aromatic carbocycles. The lowest BCUT2D eigenvalue weighted by molar-refractivity contribution is -0.119. The predicted octanol–water partition coefficient (Wildman–Crippen LogP) is 1.53. The van der Waals surface area contributed by atoms with E-state index in [-0.39, 0.29) is 6.61 Å². The van der Waals surface area contributed by atoms with Crippen LogP contribution in [-0.2, 0) is 9.53 Å². The van der Waals surface area contributed by atoms with E-state index in [1.807, 2.05) is 24.3 Å². The molecule has 1 aromatic rings. The fraction of sp³-hybridized carbons (Fsp3) is 0.500. The van der Waals surface area contributed by atoms with Crippen LogP contribution in [0.15, 0.2) is 24.3 Å². The van der Waals surface area contributed by atoms with E-state index < -0.39 is 5.91 Å². The fourth-order valence-electron chi connectivity index (χ4n) is 2.09. The van der Waals surface area contributed by atoms with Crippen LogP contribution in [0.5, 0.6) is 5.75 Å². The second kappa shape index (κ2) is 6.43. The molecular formula is C14H20N2O3. The summed E-state index contributed by atoms with van der Waals surface area (Å²) in [7, 11) is 0. The van der Waals surface area contributed by atoms with Gasteiger partial charge in [-0.2, -0.15) is 0 Å². The normalized spacial score (nSPS) is 22.2. The highest BCUT2D eigenvalue weighted by molar-refractivity contribution is 5.75. The lowest BCUT2D eigenvalue weighted by atomic mass is 10.2. The summed E-state index contributed by atoms with van der Waals surface area (Å²) in [6, 6.07) is 7.44. The van der Waals surface area contributed by atoms with Gasteiger partial charge in [-0.25, -0.2) is 0 Å². The fourth-order valence-corrected chi connectivity index (χ4v) is 2.09. The number of ether oxygens (including phenoxy) is 2. The number of carbonyl (C=O) groups excluding carboxylic acids is 1. The summed E-state index contributed by atoms with van der Waals surface area (Å²) >= 11 is 0. The molecule has 1 aliphatic heterocycles. The molecule has 0 radical (unpaired) electrons. The number of hydrogen-bond donors (Lipinski definition) is 2. The highest BCUT2D eigenvalue weighted by Crippen LogP contribution is 2.20. The topological polar surface area (TPSA) is 73.6 Å². The van der Waals surface area contributed by atoms with Crippen LogP contribution >= 0.6 is 0 Å². The van der Waals surface area contributed by atoms with Gasteiger partial charge in [0.15, 0.2) is 6.61 Å². The molecule has 1 aliphatic rings. The molecule has 104 valence electrons. The molecule has 1 amide bonds. The lowest BCUT2D eigenvalue weighted by Crippen LogP contribution is -2.20. The standard InChI is InChI=1S/C14H20N2O3/c1-10-2-5-13(19-10)8-16-11-3-6-12(7-4-11)18-9-14(15)17/h3-4,6-7,10,13,16H,2,5,8-9H2,1H3,(H2,15,17). The van der Waals surface area contributed by atoms with Gasteiger partial charge in [-0.1, -0.05) is 0 Å². The van der Waals surface area contributed by atoms with Crippen molar-refractivity contribution in [3.05, 3.63) is 24.3 Å². The molecule has 0 aliphatic carbocycles. The van der Waals surface area contributed by atoms with Crippen molar-refractivity contribution in [3.63, 3.8) is 0 Å². The van der Waals surface area contributed by atoms with Gasteiger partial charge in [-0.05, 0) is 44.0 Å². The smallest absolute Gasteiger partial charge is 0.255 e. The summed E-state index contributed by atoms with van der Waals surface area (Å²) in [6.45, 7) is 2.82. The SMILES string of the molecule is CC1CCC(CNc2ccc(OCC(N)=O)cc2)O1. The van der Waals surface area contributed by atoms with Gasteiger partial charge >= 0.3 is 0 Å². The average molecular weight is 264 g/mol. The number of amides is 1. The maximum absolute atomic E-state index is 10.6. The van der Waals surface area contributed by atoms with Crippen molar-refractivity contribution in [2.24, 2.45) is 5.73 Å². The van der Waals surface area contributed by atoms with Gasteiger partial charge in [0.25, 0.3) is 5.91 Å². The molecular weight excluding hydrogens is 244 g/mol. The number of nitrogens with one attached hydrogen (secondary N) is 1. The van der Waals surface area contributed by atoms with Crippen LogP contribution in [0.2, 0.25) is 0 Å².